The highest BCUT2D eigenvalue weighted by molar-refractivity contribution is 5.95. The molecule has 2 atom stereocenters. The molecule has 0 fully saturated rings. The number of phenols is 1. The molecular formula is C24H26N6O11. The van der Waals surface area contributed by atoms with E-state index >= 15 is 0 Å². The van der Waals surface area contributed by atoms with Gasteiger partial charge in [-0.25, -0.2) is 9.59 Å². The monoisotopic (exact) mass is 574 g/mol. The molecule has 0 radical (unpaired) electrons. The number of aromatic hydroxyl groups is 1. The van der Waals surface area contributed by atoms with Gasteiger partial charge in [-0.05, 0) is 31.5 Å². The Kier molecular flexibility index (Phi) is 9.59. The number of rotatable bonds is 12. The number of carbonyl (C=O) groups excluding carboxylic acids is 2. The Morgan fingerprint density at radius 3 is 2.56 bits per heavy atom. The lowest BCUT2D eigenvalue weighted by molar-refractivity contribution is -0.394. The van der Waals surface area contributed by atoms with Gasteiger partial charge in [-0.1, -0.05) is 6.07 Å². The van der Waals surface area contributed by atoms with Gasteiger partial charge < -0.3 is 35.1 Å². The molecule has 2 amide bonds. The van der Waals surface area contributed by atoms with E-state index in [1.54, 1.807) is 26.0 Å². The molecule has 1 heterocycles. The largest absolute Gasteiger partial charge is 0.502 e. The van der Waals surface area contributed by atoms with Crippen LogP contribution < -0.4 is 25.5 Å². The zero-order valence-corrected chi connectivity index (χ0v) is 21.9. The normalized spacial score (nSPS) is 15.5. The van der Waals surface area contributed by atoms with Crippen LogP contribution in [-0.2, 0) is 9.53 Å². The number of esters is 1. The first-order valence-corrected chi connectivity index (χ1v) is 11.8. The SMILES string of the molecule is CCOc1cc([C@H]2NC(=O)NC(C)=C2C(=O)OC)ccc1OC[C@@H](O)N/N=C\c1cc([N+](=O)[O-])cc([N+](=O)[O-])c1O. The first-order valence-electron chi connectivity index (χ1n) is 11.8. The Bertz CT molecular complexity index is 1430. The molecule has 2 aromatic carbocycles. The van der Waals surface area contributed by atoms with E-state index in [1.807, 2.05) is 0 Å². The topological polar surface area (TPSA) is 237 Å². The molecule has 2 aromatic rings. The Balaban J connectivity index is 1.74. The maximum atomic E-state index is 12.4. The van der Waals surface area contributed by atoms with Crippen molar-refractivity contribution >= 4 is 29.6 Å². The van der Waals surface area contributed by atoms with Crippen LogP contribution in [0.5, 0.6) is 17.2 Å². The first kappa shape index (κ1) is 30.1. The number of phenolic OH excluding ortho intramolecular Hbond substituents is 1. The lowest BCUT2D eigenvalue weighted by atomic mass is 9.95. The standard InChI is InChI=1S/C24H26N6O11/c1-4-40-18-8-13(21-20(23(33)39-3)12(2)26-24(34)27-21)5-6-17(18)41-11-19(31)28-25-10-14-7-15(29(35)36)9-16(22(14)32)30(37)38/h5-10,19,21,28,31-32H,4,11H2,1-3H3,(H2,26,27,34)/b25-10-/t19-,21-/m1/s1. The summed E-state index contributed by atoms with van der Waals surface area (Å²) in [6.07, 6.45) is -0.572. The van der Waals surface area contributed by atoms with Gasteiger partial charge in [0.1, 0.15) is 6.61 Å². The number of methoxy groups -OCH3 is 1. The highest BCUT2D eigenvalue weighted by atomic mass is 16.6. The van der Waals surface area contributed by atoms with Crippen molar-refractivity contribution in [3.8, 4) is 17.2 Å². The average molecular weight is 575 g/mol. The number of hydrazone groups is 1. The summed E-state index contributed by atoms with van der Waals surface area (Å²) in [5.41, 5.74) is 1.43. The molecule has 17 heteroatoms. The number of aliphatic hydroxyl groups is 1. The van der Waals surface area contributed by atoms with Gasteiger partial charge in [0, 0.05) is 11.8 Å². The van der Waals surface area contributed by atoms with Crippen LogP contribution in [0, 0.1) is 20.2 Å². The second-order valence-electron chi connectivity index (χ2n) is 8.33. The fourth-order valence-electron chi connectivity index (χ4n) is 3.78. The van der Waals surface area contributed by atoms with Crippen molar-refractivity contribution in [1.29, 1.82) is 0 Å². The number of benzene rings is 2. The van der Waals surface area contributed by atoms with Crippen LogP contribution in [0.25, 0.3) is 0 Å². The quantitative estimate of drug-likeness (QED) is 0.0801. The number of ether oxygens (including phenoxy) is 3. The van der Waals surface area contributed by atoms with Crippen molar-refractivity contribution < 1.29 is 43.9 Å². The smallest absolute Gasteiger partial charge is 0.337 e. The molecule has 0 unspecified atom stereocenters. The molecule has 0 saturated heterocycles. The summed E-state index contributed by atoms with van der Waals surface area (Å²) in [5.74, 6) is -1.04. The Morgan fingerprint density at radius 1 is 1.20 bits per heavy atom. The van der Waals surface area contributed by atoms with E-state index in [0.29, 0.717) is 17.3 Å². The second kappa shape index (κ2) is 13.1. The number of hydrogen-bond donors (Lipinski definition) is 5. The lowest BCUT2D eigenvalue weighted by Gasteiger charge is -2.28. The van der Waals surface area contributed by atoms with Gasteiger partial charge in [0.25, 0.3) is 5.69 Å². The number of nitro groups is 2. The predicted molar refractivity (Wildman–Crippen MR) is 140 cm³/mol. The third-order valence-electron chi connectivity index (χ3n) is 5.61. The van der Waals surface area contributed by atoms with Gasteiger partial charge in [-0.15, -0.1) is 0 Å². The third-order valence-corrected chi connectivity index (χ3v) is 5.61. The molecule has 1 aliphatic heterocycles. The van der Waals surface area contributed by atoms with Crippen molar-refractivity contribution in [2.24, 2.45) is 5.10 Å². The van der Waals surface area contributed by atoms with Crippen LogP contribution in [0.1, 0.15) is 31.0 Å². The Hall–Kier alpha value is -5.45. The molecule has 41 heavy (non-hydrogen) atoms. The number of urea groups is 1. The van der Waals surface area contributed by atoms with Gasteiger partial charge in [-0.3, -0.25) is 25.7 Å². The summed E-state index contributed by atoms with van der Waals surface area (Å²) < 4.78 is 16.1. The molecule has 0 aliphatic carbocycles. The van der Waals surface area contributed by atoms with E-state index in [2.05, 4.69) is 21.2 Å². The summed E-state index contributed by atoms with van der Waals surface area (Å²) in [6.45, 7) is 3.15. The maximum Gasteiger partial charge on any atom is 0.337 e. The van der Waals surface area contributed by atoms with Crippen LogP contribution in [0.4, 0.5) is 16.2 Å². The summed E-state index contributed by atoms with van der Waals surface area (Å²) in [7, 11) is 1.22. The van der Waals surface area contributed by atoms with E-state index in [-0.39, 0.29) is 35.8 Å². The van der Waals surface area contributed by atoms with Crippen LogP contribution in [0.2, 0.25) is 0 Å². The molecular weight excluding hydrogens is 548 g/mol. The van der Waals surface area contributed by atoms with Crippen molar-refractivity contribution in [3.63, 3.8) is 0 Å². The summed E-state index contributed by atoms with van der Waals surface area (Å²) in [6, 6.07) is 4.78. The molecule has 0 saturated carbocycles. The molecule has 3 rings (SSSR count). The van der Waals surface area contributed by atoms with Gasteiger partial charge in [-0.2, -0.15) is 5.10 Å². The lowest BCUT2D eigenvalue weighted by Crippen LogP contribution is -2.45. The number of carbonyl (C=O) groups is 2. The molecule has 0 aromatic heterocycles. The van der Waals surface area contributed by atoms with Crippen LogP contribution in [-0.4, -0.2) is 64.8 Å². The van der Waals surface area contributed by atoms with Gasteiger partial charge >= 0.3 is 17.7 Å². The van der Waals surface area contributed by atoms with Crippen molar-refractivity contribution in [2.75, 3.05) is 20.3 Å². The summed E-state index contributed by atoms with van der Waals surface area (Å²) >= 11 is 0. The first-order chi connectivity index (χ1) is 19.5. The number of aliphatic hydroxyl groups excluding tert-OH is 1. The molecule has 17 nitrogen and oxygen atoms in total. The number of hydrogen-bond acceptors (Lipinski definition) is 13. The van der Waals surface area contributed by atoms with E-state index in [0.717, 1.165) is 12.3 Å². The maximum absolute atomic E-state index is 12.4. The number of nitrogens with zero attached hydrogens (tertiary/aromatic N) is 3. The highest BCUT2D eigenvalue weighted by Gasteiger charge is 2.32. The Morgan fingerprint density at radius 2 is 1.93 bits per heavy atom. The molecule has 0 bridgehead atoms. The zero-order chi connectivity index (χ0) is 30.3. The number of allylic oxidation sites excluding steroid dienone is 1. The number of nitro benzene ring substituents is 2. The summed E-state index contributed by atoms with van der Waals surface area (Å²) in [5, 5.41) is 51.2. The van der Waals surface area contributed by atoms with Crippen molar-refractivity contribution in [3.05, 3.63) is 73.0 Å². The van der Waals surface area contributed by atoms with Crippen LogP contribution in [0.3, 0.4) is 0 Å². The van der Waals surface area contributed by atoms with E-state index in [9.17, 15) is 40.0 Å². The fourth-order valence-corrected chi connectivity index (χ4v) is 3.78. The van der Waals surface area contributed by atoms with Crippen LogP contribution in [0.15, 0.2) is 46.7 Å². The molecule has 0 spiro atoms. The third kappa shape index (κ3) is 7.15. The summed E-state index contributed by atoms with van der Waals surface area (Å²) in [4.78, 5) is 44.7. The molecule has 218 valence electrons. The van der Waals surface area contributed by atoms with Gasteiger partial charge in [0.05, 0.1) is 53.0 Å². The van der Waals surface area contributed by atoms with Crippen molar-refractivity contribution in [1.82, 2.24) is 16.1 Å². The number of amides is 2. The average Bonchev–Trinajstić information content (AvgIpc) is 2.92. The molecule has 1 aliphatic rings. The minimum absolute atomic E-state index is 0.195. The predicted octanol–water partition coefficient (Wildman–Crippen LogP) is 1.73. The minimum Gasteiger partial charge on any atom is -0.502 e. The number of non-ortho nitro benzene ring substituents is 1. The van der Waals surface area contributed by atoms with Crippen LogP contribution >= 0.6 is 0 Å². The zero-order valence-electron chi connectivity index (χ0n) is 21.9. The van der Waals surface area contributed by atoms with Gasteiger partial charge in [0.2, 0.25) is 5.75 Å². The van der Waals surface area contributed by atoms with E-state index < -0.39 is 51.2 Å². The van der Waals surface area contributed by atoms with E-state index in [1.165, 1.54) is 13.2 Å². The Labute approximate surface area is 231 Å². The minimum atomic E-state index is -1.43. The second-order valence-corrected chi connectivity index (χ2v) is 8.33. The van der Waals surface area contributed by atoms with E-state index in [4.69, 9.17) is 14.2 Å². The highest BCUT2D eigenvalue weighted by Crippen LogP contribution is 2.35. The van der Waals surface area contributed by atoms with Gasteiger partial charge in [0.15, 0.2) is 17.7 Å². The number of nitrogens with one attached hydrogen (secondary N) is 3. The molecule has 5 N–H and O–H groups in total. The van der Waals surface area contributed by atoms with Crippen molar-refractivity contribution in [2.45, 2.75) is 26.1 Å². The fraction of sp³-hybridized carbons (Fsp3) is 0.292.